The molecule has 0 saturated carbocycles. The summed E-state index contributed by atoms with van der Waals surface area (Å²) in [6.45, 7) is 6.25. The predicted molar refractivity (Wildman–Crippen MR) is 48.8 cm³/mol. The second kappa shape index (κ2) is 5.14. The maximum absolute atomic E-state index is 11.1. The van der Waals surface area contributed by atoms with Gasteiger partial charge in [-0.05, 0) is 40.2 Å². The summed E-state index contributed by atoms with van der Waals surface area (Å²) in [5, 5.41) is 0. The zero-order valence-corrected chi connectivity index (χ0v) is 8.22. The van der Waals surface area contributed by atoms with E-state index in [2.05, 4.69) is 0 Å². The van der Waals surface area contributed by atoms with Crippen molar-refractivity contribution in [3.8, 4) is 0 Å². The van der Waals surface area contributed by atoms with E-state index in [1.54, 1.807) is 0 Å². The second-order valence-corrected chi connectivity index (χ2v) is 3.83. The van der Waals surface area contributed by atoms with Crippen molar-refractivity contribution >= 4 is 5.97 Å². The molecule has 0 aromatic heterocycles. The van der Waals surface area contributed by atoms with Crippen molar-refractivity contribution in [2.24, 2.45) is 5.73 Å². The van der Waals surface area contributed by atoms with Crippen molar-refractivity contribution in [3.63, 3.8) is 0 Å². The van der Waals surface area contributed by atoms with Gasteiger partial charge in [-0.15, -0.1) is 0 Å². The number of hydrogen-bond acceptors (Lipinski definition) is 3. The molecule has 0 heterocycles. The molecule has 0 radical (unpaired) electrons. The topological polar surface area (TPSA) is 52.3 Å². The van der Waals surface area contributed by atoms with E-state index in [1.807, 2.05) is 20.8 Å². The number of hydrogen-bond donors (Lipinski definition) is 1. The molecule has 3 nitrogen and oxygen atoms in total. The summed E-state index contributed by atoms with van der Waals surface area (Å²) in [4.78, 5) is 11.1. The third kappa shape index (κ3) is 7.54. The Morgan fingerprint density at radius 2 is 1.92 bits per heavy atom. The lowest BCUT2D eigenvalue weighted by Gasteiger charge is -2.19. The average molecular weight is 173 g/mol. The molecule has 0 spiro atoms. The summed E-state index contributed by atoms with van der Waals surface area (Å²) in [6, 6.07) is 0. The van der Waals surface area contributed by atoms with Gasteiger partial charge in [0.2, 0.25) is 0 Å². The average Bonchev–Trinajstić information content (AvgIpc) is 1.84. The molecular formula is C9H19NO2. The van der Waals surface area contributed by atoms with Gasteiger partial charge in [0.1, 0.15) is 5.60 Å². The molecule has 0 unspecified atom stereocenters. The number of nitrogens with two attached hydrogens (primary N) is 1. The van der Waals surface area contributed by atoms with Crippen LogP contribution < -0.4 is 5.73 Å². The minimum absolute atomic E-state index is 0.129. The van der Waals surface area contributed by atoms with Crippen LogP contribution in [0, 0.1) is 0 Å². The fourth-order valence-corrected chi connectivity index (χ4v) is 0.806. The van der Waals surface area contributed by atoms with E-state index < -0.39 is 0 Å². The Labute approximate surface area is 74.3 Å². The van der Waals surface area contributed by atoms with Crippen LogP contribution in [-0.2, 0) is 9.53 Å². The fourth-order valence-electron chi connectivity index (χ4n) is 0.806. The zero-order valence-electron chi connectivity index (χ0n) is 8.22. The van der Waals surface area contributed by atoms with Crippen molar-refractivity contribution in [3.05, 3.63) is 0 Å². The van der Waals surface area contributed by atoms with Gasteiger partial charge < -0.3 is 10.5 Å². The van der Waals surface area contributed by atoms with Gasteiger partial charge in [-0.1, -0.05) is 0 Å². The summed E-state index contributed by atoms with van der Waals surface area (Å²) in [6.07, 6.45) is 2.19. The summed E-state index contributed by atoms with van der Waals surface area (Å²) in [5.74, 6) is -0.129. The van der Waals surface area contributed by atoms with E-state index in [1.165, 1.54) is 0 Å². The first kappa shape index (κ1) is 11.4. The number of carbonyl (C=O) groups excluding carboxylic acids is 1. The minimum Gasteiger partial charge on any atom is -0.460 e. The number of unbranched alkanes of at least 4 members (excludes halogenated alkanes) is 1. The van der Waals surface area contributed by atoms with Gasteiger partial charge in [-0.25, -0.2) is 0 Å². The fraction of sp³-hybridized carbons (Fsp3) is 0.889. The Morgan fingerprint density at radius 1 is 1.33 bits per heavy atom. The minimum atomic E-state index is -0.361. The lowest BCUT2D eigenvalue weighted by atomic mass is 10.2. The Balaban J connectivity index is 3.47. The molecule has 0 amide bonds. The molecular weight excluding hydrogens is 154 g/mol. The molecule has 0 fully saturated rings. The first-order valence-corrected chi connectivity index (χ1v) is 4.37. The first-order valence-electron chi connectivity index (χ1n) is 4.37. The Morgan fingerprint density at radius 3 is 2.33 bits per heavy atom. The maximum atomic E-state index is 11.1. The Bertz CT molecular complexity index is 138. The third-order valence-electron chi connectivity index (χ3n) is 1.26. The normalized spacial score (nSPS) is 11.3. The summed E-state index contributed by atoms with van der Waals surface area (Å²) in [7, 11) is 0. The molecule has 0 atom stereocenters. The summed E-state index contributed by atoms with van der Waals surface area (Å²) in [5.41, 5.74) is 4.93. The van der Waals surface area contributed by atoms with E-state index in [4.69, 9.17) is 10.5 Å². The number of esters is 1. The van der Waals surface area contributed by atoms with Gasteiger partial charge in [0.05, 0.1) is 0 Å². The van der Waals surface area contributed by atoms with E-state index in [9.17, 15) is 4.79 Å². The monoisotopic (exact) mass is 173 g/mol. The number of rotatable bonds is 4. The van der Waals surface area contributed by atoms with Gasteiger partial charge in [0.25, 0.3) is 0 Å². The van der Waals surface area contributed by atoms with E-state index in [0.717, 1.165) is 12.8 Å². The number of ether oxygens (including phenoxy) is 1. The molecule has 3 heteroatoms. The molecule has 2 N–H and O–H groups in total. The predicted octanol–water partition coefficient (Wildman–Crippen LogP) is 1.46. The highest BCUT2D eigenvalue weighted by Gasteiger charge is 2.15. The van der Waals surface area contributed by atoms with Crippen LogP contribution in [0.1, 0.15) is 40.0 Å². The lowest BCUT2D eigenvalue weighted by molar-refractivity contribution is -0.154. The van der Waals surface area contributed by atoms with Crippen molar-refractivity contribution in [1.82, 2.24) is 0 Å². The highest BCUT2D eigenvalue weighted by Crippen LogP contribution is 2.09. The van der Waals surface area contributed by atoms with Crippen LogP contribution >= 0.6 is 0 Å². The SMILES string of the molecule is CC(C)(C)OC(=O)CCCCN. The van der Waals surface area contributed by atoms with Crippen molar-refractivity contribution < 1.29 is 9.53 Å². The second-order valence-electron chi connectivity index (χ2n) is 3.83. The van der Waals surface area contributed by atoms with Crippen LogP contribution in [0.2, 0.25) is 0 Å². The van der Waals surface area contributed by atoms with E-state index in [-0.39, 0.29) is 11.6 Å². The van der Waals surface area contributed by atoms with Gasteiger partial charge in [0.15, 0.2) is 0 Å². The van der Waals surface area contributed by atoms with E-state index >= 15 is 0 Å². The van der Waals surface area contributed by atoms with Crippen LogP contribution in [-0.4, -0.2) is 18.1 Å². The van der Waals surface area contributed by atoms with Gasteiger partial charge in [-0.2, -0.15) is 0 Å². The molecule has 0 saturated heterocycles. The molecule has 0 bridgehead atoms. The van der Waals surface area contributed by atoms with Gasteiger partial charge in [-0.3, -0.25) is 4.79 Å². The zero-order chi connectivity index (χ0) is 9.61. The smallest absolute Gasteiger partial charge is 0.306 e. The summed E-state index contributed by atoms with van der Waals surface area (Å²) < 4.78 is 5.10. The Hall–Kier alpha value is -0.570. The summed E-state index contributed by atoms with van der Waals surface area (Å²) >= 11 is 0. The van der Waals surface area contributed by atoms with Crippen LogP contribution in [0.5, 0.6) is 0 Å². The first-order chi connectivity index (χ1) is 5.45. The molecule has 72 valence electrons. The quantitative estimate of drug-likeness (QED) is 0.517. The van der Waals surface area contributed by atoms with Crippen LogP contribution in [0.4, 0.5) is 0 Å². The molecule has 0 aliphatic carbocycles. The number of carbonyl (C=O) groups is 1. The molecule has 0 aliphatic rings. The molecule has 0 aliphatic heterocycles. The maximum Gasteiger partial charge on any atom is 0.306 e. The largest absolute Gasteiger partial charge is 0.460 e. The van der Waals surface area contributed by atoms with Crippen molar-refractivity contribution in [2.45, 2.75) is 45.6 Å². The van der Waals surface area contributed by atoms with Gasteiger partial charge >= 0.3 is 5.97 Å². The lowest BCUT2D eigenvalue weighted by Crippen LogP contribution is -2.23. The molecule has 0 aromatic rings. The third-order valence-corrected chi connectivity index (χ3v) is 1.26. The highest BCUT2D eigenvalue weighted by molar-refractivity contribution is 5.69. The van der Waals surface area contributed by atoms with Crippen molar-refractivity contribution in [2.75, 3.05) is 6.54 Å². The van der Waals surface area contributed by atoms with Crippen molar-refractivity contribution in [1.29, 1.82) is 0 Å². The highest BCUT2D eigenvalue weighted by atomic mass is 16.6. The van der Waals surface area contributed by atoms with E-state index in [0.29, 0.717) is 13.0 Å². The standard InChI is InChI=1S/C9H19NO2/c1-9(2,3)12-8(11)6-4-5-7-10/h4-7,10H2,1-3H3. The molecule has 0 rings (SSSR count). The van der Waals surface area contributed by atoms with Crippen LogP contribution in [0.15, 0.2) is 0 Å². The Kier molecular flexibility index (Phi) is 4.90. The molecule has 12 heavy (non-hydrogen) atoms. The van der Waals surface area contributed by atoms with Crippen LogP contribution in [0.3, 0.4) is 0 Å². The van der Waals surface area contributed by atoms with Crippen LogP contribution in [0.25, 0.3) is 0 Å². The van der Waals surface area contributed by atoms with Gasteiger partial charge in [0, 0.05) is 6.42 Å². The molecule has 0 aromatic carbocycles.